The van der Waals surface area contributed by atoms with E-state index in [-0.39, 0.29) is 29.4 Å². The standard InChI is InChI=1S/C17H19N3O3S/c1-11-7-13-5-3-4-6-14(13)20(11)17(22)10-24-9-16(21)18-15-8-12(2)23-19-15/h3-6,8,11H,7,9-10H2,1-2H3,(H,18,19,21)/t11-/m1/s1. The molecule has 1 aliphatic rings. The van der Waals surface area contributed by atoms with Gasteiger partial charge in [0, 0.05) is 17.8 Å². The lowest BCUT2D eigenvalue weighted by molar-refractivity contribution is -0.116. The van der Waals surface area contributed by atoms with Crippen LogP contribution in [0.2, 0.25) is 0 Å². The largest absolute Gasteiger partial charge is 0.360 e. The average molecular weight is 345 g/mol. The molecule has 2 heterocycles. The van der Waals surface area contributed by atoms with E-state index in [9.17, 15) is 9.59 Å². The first-order valence-electron chi connectivity index (χ1n) is 7.75. The smallest absolute Gasteiger partial charge is 0.237 e. The quantitative estimate of drug-likeness (QED) is 0.901. The first-order valence-corrected chi connectivity index (χ1v) is 8.91. The molecule has 7 heteroatoms. The van der Waals surface area contributed by atoms with E-state index in [1.54, 1.807) is 13.0 Å². The van der Waals surface area contributed by atoms with Crippen LogP contribution in [0.15, 0.2) is 34.9 Å². The van der Waals surface area contributed by atoms with Crippen molar-refractivity contribution >= 4 is 35.1 Å². The molecule has 6 nitrogen and oxygen atoms in total. The summed E-state index contributed by atoms with van der Waals surface area (Å²) in [6.45, 7) is 3.80. The minimum Gasteiger partial charge on any atom is -0.360 e. The summed E-state index contributed by atoms with van der Waals surface area (Å²) in [5.41, 5.74) is 2.18. The van der Waals surface area contributed by atoms with Crippen molar-refractivity contribution < 1.29 is 14.1 Å². The Balaban J connectivity index is 1.50. The van der Waals surface area contributed by atoms with E-state index >= 15 is 0 Å². The monoisotopic (exact) mass is 345 g/mol. The van der Waals surface area contributed by atoms with Crippen molar-refractivity contribution in [1.82, 2.24) is 5.16 Å². The second kappa shape index (κ2) is 7.09. The maximum atomic E-state index is 12.5. The lowest BCUT2D eigenvalue weighted by Crippen LogP contribution is -2.37. The van der Waals surface area contributed by atoms with Gasteiger partial charge >= 0.3 is 0 Å². The maximum absolute atomic E-state index is 12.5. The van der Waals surface area contributed by atoms with Crippen LogP contribution in [0, 0.1) is 6.92 Å². The van der Waals surface area contributed by atoms with Gasteiger partial charge in [-0.15, -0.1) is 11.8 Å². The van der Waals surface area contributed by atoms with Crippen LogP contribution >= 0.6 is 11.8 Å². The fourth-order valence-corrected chi connectivity index (χ4v) is 3.52. The van der Waals surface area contributed by atoms with Crippen LogP contribution in [-0.2, 0) is 16.0 Å². The lowest BCUT2D eigenvalue weighted by Gasteiger charge is -2.22. The Morgan fingerprint density at radius 3 is 2.92 bits per heavy atom. The number of hydrogen-bond acceptors (Lipinski definition) is 5. The first-order chi connectivity index (χ1) is 11.5. The van der Waals surface area contributed by atoms with Gasteiger partial charge in [0.05, 0.1) is 11.5 Å². The van der Waals surface area contributed by atoms with Crippen LogP contribution in [0.3, 0.4) is 0 Å². The molecule has 0 radical (unpaired) electrons. The van der Waals surface area contributed by atoms with Gasteiger partial charge in [0.25, 0.3) is 0 Å². The number of carbonyl (C=O) groups is 2. The number of aryl methyl sites for hydroxylation is 1. The summed E-state index contributed by atoms with van der Waals surface area (Å²) in [5, 5.41) is 6.35. The van der Waals surface area contributed by atoms with Gasteiger partial charge in [0.2, 0.25) is 11.8 Å². The van der Waals surface area contributed by atoms with Crippen LogP contribution in [-0.4, -0.2) is 34.5 Å². The number of benzene rings is 1. The third-order valence-corrected chi connectivity index (χ3v) is 4.75. The summed E-state index contributed by atoms with van der Waals surface area (Å²) in [4.78, 5) is 26.2. The summed E-state index contributed by atoms with van der Waals surface area (Å²) in [7, 11) is 0. The second-order valence-corrected chi connectivity index (χ2v) is 6.79. The number of nitrogens with zero attached hydrogens (tertiary/aromatic N) is 2. The van der Waals surface area contributed by atoms with Crippen molar-refractivity contribution in [2.45, 2.75) is 26.3 Å². The summed E-state index contributed by atoms with van der Waals surface area (Å²) >= 11 is 1.30. The summed E-state index contributed by atoms with van der Waals surface area (Å²) in [5.74, 6) is 1.32. The predicted octanol–water partition coefficient (Wildman–Crippen LogP) is 2.63. The highest BCUT2D eigenvalue weighted by atomic mass is 32.2. The zero-order valence-corrected chi connectivity index (χ0v) is 14.4. The highest BCUT2D eigenvalue weighted by Crippen LogP contribution is 2.32. The number of rotatable bonds is 5. The molecule has 3 rings (SSSR count). The zero-order chi connectivity index (χ0) is 17.1. The van der Waals surface area contributed by atoms with Gasteiger partial charge in [-0.3, -0.25) is 9.59 Å². The van der Waals surface area contributed by atoms with E-state index in [0.717, 1.165) is 12.1 Å². The summed E-state index contributed by atoms with van der Waals surface area (Å²) in [6.07, 6.45) is 0.874. The Bertz CT molecular complexity index is 759. The number of aromatic nitrogens is 1. The van der Waals surface area contributed by atoms with Crippen molar-refractivity contribution in [3.63, 3.8) is 0 Å². The molecule has 1 aromatic carbocycles. The lowest BCUT2D eigenvalue weighted by atomic mass is 10.1. The van der Waals surface area contributed by atoms with E-state index in [0.29, 0.717) is 11.6 Å². The SMILES string of the molecule is Cc1cc(NC(=O)CSCC(=O)N2c3ccccc3C[C@H]2C)no1. The van der Waals surface area contributed by atoms with E-state index in [1.807, 2.05) is 30.0 Å². The molecule has 0 bridgehead atoms. The second-order valence-electron chi connectivity index (χ2n) is 5.81. The van der Waals surface area contributed by atoms with Crippen molar-refractivity contribution in [2.75, 3.05) is 21.7 Å². The van der Waals surface area contributed by atoms with Crippen LogP contribution in [0.5, 0.6) is 0 Å². The van der Waals surface area contributed by atoms with Gasteiger partial charge in [-0.1, -0.05) is 23.4 Å². The van der Waals surface area contributed by atoms with Crippen molar-refractivity contribution in [1.29, 1.82) is 0 Å². The Morgan fingerprint density at radius 1 is 1.38 bits per heavy atom. The molecule has 24 heavy (non-hydrogen) atoms. The number of anilines is 2. The maximum Gasteiger partial charge on any atom is 0.237 e. The Kier molecular flexibility index (Phi) is 4.89. The topological polar surface area (TPSA) is 75.4 Å². The Hall–Kier alpha value is -2.28. The summed E-state index contributed by atoms with van der Waals surface area (Å²) < 4.78 is 4.89. The molecule has 2 amide bonds. The van der Waals surface area contributed by atoms with Crippen LogP contribution in [0.4, 0.5) is 11.5 Å². The Morgan fingerprint density at radius 2 is 2.17 bits per heavy atom. The predicted molar refractivity (Wildman–Crippen MR) is 94.3 cm³/mol. The molecule has 0 unspecified atom stereocenters. The van der Waals surface area contributed by atoms with Gasteiger partial charge < -0.3 is 14.7 Å². The van der Waals surface area contributed by atoms with Gasteiger partial charge in [-0.25, -0.2) is 0 Å². The molecule has 0 spiro atoms. The van der Waals surface area contributed by atoms with Crippen molar-refractivity contribution in [2.24, 2.45) is 0 Å². The number of carbonyl (C=O) groups excluding carboxylic acids is 2. The van der Waals surface area contributed by atoms with Crippen molar-refractivity contribution in [3.05, 3.63) is 41.7 Å². The molecule has 2 aromatic rings. The van der Waals surface area contributed by atoms with Gasteiger partial charge in [0.1, 0.15) is 5.76 Å². The molecule has 1 N–H and O–H groups in total. The number of hydrogen-bond donors (Lipinski definition) is 1. The Labute approximate surface area is 144 Å². The van der Waals surface area contributed by atoms with E-state index in [2.05, 4.69) is 16.5 Å². The van der Waals surface area contributed by atoms with Crippen LogP contribution in [0.1, 0.15) is 18.2 Å². The summed E-state index contributed by atoms with van der Waals surface area (Å²) in [6, 6.07) is 9.77. The number of nitrogens with one attached hydrogen (secondary N) is 1. The molecule has 1 aliphatic heterocycles. The third kappa shape index (κ3) is 3.62. The molecule has 1 atom stereocenters. The first kappa shape index (κ1) is 16.6. The molecule has 0 saturated heterocycles. The fourth-order valence-electron chi connectivity index (χ4n) is 2.85. The van der Waals surface area contributed by atoms with Gasteiger partial charge in [0.15, 0.2) is 5.82 Å². The average Bonchev–Trinajstić information content (AvgIpc) is 3.09. The number of thioether (sulfide) groups is 1. The molecule has 0 saturated carbocycles. The molecular formula is C17H19N3O3S. The van der Waals surface area contributed by atoms with E-state index in [1.165, 1.54) is 17.3 Å². The van der Waals surface area contributed by atoms with E-state index in [4.69, 9.17) is 4.52 Å². The minimum absolute atomic E-state index is 0.0301. The zero-order valence-electron chi connectivity index (χ0n) is 13.6. The highest BCUT2D eigenvalue weighted by molar-refractivity contribution is 8.00. The fraction of sp³-hybridized carbons (Fsp3) is 0.353. The van der Waals surface area contributed by atoms with Crippen LogP contribution in [0.25, 0.3) is 0 Å². The number of para-hydroxylation sites is 1. The highest BCUT2D eigenvalue weighted by Gasteiger charge is 2.30. The van der Waals surface area contributed by atoms with E-state index < -0.39 is 0 Å². The third-order valence-electron chi connectivity index (χ3n) is 3.83. The minimum atomic E-state index is -0.198. The van der Waals surface area contributed by atoms with Gasteiger partial charge in [-0.05, 0) is 31.9 Å². The van der Waals surface area contributed by atoms with Crippen molar-refractivity contribution in [3.8, 4) is 0 Å². The molecule has 0 fully saturated rings. The number of fused-ring (bicyclic) bond motifs is 1. The van der Waals surface area contributed by atoms with Gasteiger partial charge in [-0.2, -0.15) is 0 Å². The molecule has 1 aromatic heterocycles. The molecular weight excluding hydrogens is 326 g/mol. The normalized spacial score (nSPS) is 16.1. The number of amides is 2. The van der Waals surface area contributed by atoms with Crippen LogP contribution < -0.4 is 10.2 Å². The molecule has 126 valence electrons. The molecule has 0 aliphatic carbocycles.